The molecule has 1 aromatic heterocycles. The molecule has 0 aliphatic carbocycles. The van der Waals surface area contributed by atoms with E-state index in [2.05, 4.69) is 56.2 Å². The molecular weight excluding hydrogens is 310 g/mol. The molecule has 0 unspecified atom stereocenters. The van der Waals surface area contributed by atoms with Crippen LogP contribution in [0.2, 0.25) is 0 Å². The molecule has 0 bridgehead atoms. The molecule has 18 heavy (non-hydrogen) atoms. The highest BCUT2D eigenvalue weighted by molar-refractivity contribution is 9.10. The number of halogens is 1. The van der Waals surface area contributed by atoms with Crippen LogP contribution in [0.15, 0.2) is 33.6 Å². The Kier molecular flexibility index (Phi) is 7.05. The van der Waals surface area contributed by atoms with Crippen molar-refractivity contribution in [3.63, 3.8) is 0 Å². The zero-order valence-corrected chi connectivity index (χ0v) is 13.4. The molecule has 0 radical (unpaired) electrons. The second kappa shape index (κ2) is 8.32. The van der Waals surface area contributed by atoms with E-state index in [0.29, 0.717) is 0 Å². The van der Waals surface area contributed by atoms with Crippen LogP contribution in [0.1, 0.15) is 17.7 Å². The maximum Gasteiger partial charge on any atom is 0.193 e. The van der Waals surface area contributed by atoms with Crippen LogP contribution in [0.3, 0.4) is 0 Å². The van der Waals surface area contributed by atoms with Gasteiger partial charge in [-0.1, -0.05) is 6.08 Å². The Morgan fingerprint density at radius 1 is 1.67 bits per heavy atom. The van der Waals surface area contributed by atoms with Gasteiger partial charge in [-0.3, -0.25) is 4.99 Å². The highest BCUT2D eigenvalue weighted by atomic mass is 79.9. The van der Waals surface area contributed by atoms with Gasteiger partial charge in [-0.05, 0) is 34.8 Å². The van der Waals surface area contributed by atoms with E-state index in [1.54, 1.807) is 11.3 Å². The van der Waals surface area contributed by atoms with Crippen LogP contribution in [0, 0.1) is 0 Å². The fourth-order valence-electron chi connectivity index (χ4n) is 1.58. The molecule has 0 aliphatic rings. The molecule has 1 aromatic rings. The van der Waals surface area contributed by atoms with Gasteiger partial charge >= 0.3 is 0 Å². The van der Waals surface area contributed by atoms with Crippen molar-refractivity contribution in [2.45, 2.75) is 19.4 Å². The molecule has 0 amide bonds. The fraction of sp³-hybridized carbons (Fsp3) is 0.462. The minimum atomic E-state index is 0.814. The van der Waals surface area contributed by atoms with Crippen molar-refractivity contribution in [3.8, 4) is 0 Å². The second-order valence-corrected chi connectivity index (χ2v) is 5.90. The molecule has 0 aliphatic heterocycles. The third-order valence-corrected chi connectivity index (χ3v) is 4.22. The number of unbranched alkanes of at least 4 members (excludes halogenated alkanes) is 1. The summed E-state index contributed by atoms with van der Waals surface area (Å²) in [4.78, 5) is 7.73. The van der Waals surface area contributed by atoms with Crippen LogP contribution in [0.4, 0.5) is 0 Å². The first-order valence-corrected chi connectivity index (χ1v) is 7.60. The first kappa shape index (κ1) is 15.2. The summed E-state index contributed by atoms with van der Waals surface area (Å²) in [6.07, 6.45) is 4.09. The number of aliphatic imine (C=N–C) groups is 1. The lowest BCUT2D eigenvalue weighted by Crippen LogP contribution is -2.38. The van der Waals surface area contributed by atoms with Crippen molar-refractivity contribution < 1.29 is 0 Å². The van der Waals surface area contributed by atoms with E-state index in [9.17, 15) is 0 Å². The average molecular weight is 330 g/mol. The first-order chi connectivity index (χ1) is 8.67. The maximum atomic E-state index is 4.29. The molecule has 3 nitrogen and oxygen atoms in total. The number of allylic oxidation sites excluding steroid dienone is 1. The zero-order valence-electron chi connectivity index (χ0n) is 10.9. The number of thiophene rings is 1. The smallest absolute Gasteiger partial charge is 0.193 e. The van der Waals surface area contributed by atoms with Crippen molar-refractivity contribution in [1.82, 2.24) is 10.2 Å². The number of guanidine groups is 1. The summed E-state index contributed by atoms with van der Waals surface area (Å²) in [5.41, 5.74) is 0. The summed E-state index contributed by atoms with van der Waals surface area (Å²) in [5.74, 6) is 0.934. The van der Waals surface area contributed by atoms with E-state index < -0.39 is 0 Å². The van der Waals surface area contributed by atoms with Gasteiger partial charge in [-0.2, -0.15) is 0 Å². The van der Waals surface area contributed by atoms with E-state index in [4.69, 9.17) is 0 Å². The number of nitrogens with one attached hydrogen (secondary N) is 1. The van der Waals surface area contributed by atoms with Crippen molar-refractivity contribution in [2.24, 2.45) is 4.99 Å². The summed E-state index contributed by atoms with van der Waals surface area (Å²) >= 11 is 5.20. The third kappa shape index (κ3) is 5.23. The van der Waals surface area contributed by atoms with Gasteiger partial charge in [-0.15, -0.1) is 17.9 Å². The van der Waals surface area contributed by atoms with Gasteiger partial charge in [0.2, 0.25) is 0 Å². The van der Waals surface area contributed by atoms with Crippen LogP contribution in [0.25, 0.3) is 0 Å². The predicted molar refractivity (Wildman–Crippen MR) is 84.3 cm³/mol. The van der Waals surface area contributed by atoms with Gasteiger partial charge in [0.05, 0.1) is 6.54 Å². The van der Waals surface area contributed by atoms with Crippen LogP contribution in [0.5, 0.6) is 0 Å². The van der Waals surface area contributed by atoms with Gasteiger partial charge in [0.1, 0.15) is 0 Å². The van der Waals surface area contributed by atoms with Gasteiger partial charge in [0, 0.05) is 35.4 Å². The quantitative estimate of drug-likeness (QED) is 0.374. The lowest BCUT2D eigenvalue weighted by Gasteiger charge is -2.21. The van der Waals surface area contributed by atoms with Crippen LogP contribution < -0.4 is 5.32 Å². The normalized spacial score (nSPS) is 11.4. The molecule has 100 valence electrons. The molecule has 5 heteroatoms. The molecule has 0 aromatic carbocycles. The molecule has 0 spiro atoms. The maximum absolute atomic E-state index is 4.29. The minimum absolute atomic E-state index is 0.814. The Hall–Kier alpha value is -0.810. The minimum Gasteiger partial charge on any atom is -0.351 e. The number of hydrogen-bond donors (Lipinski definition) is 1. The van der Waals surface area contributed by atoms with Crippen molar-refractivity contribution in [1.29, 1.82) is 0 Å². The molecule has 0 saturated carbocycles. The fourth-order valence-corrected chi connectivity index (χ4v) is 2.97. The molecule has 0 fully saturated rings. The number of rotatable bonds is 6. The summed E-state index contributed by atoms with van der Waals surface area (Å²) in [6, 6.07) is 2.13. The SMILES string of the molecule is C=CCCCN(C)C(=NC)NCc1cc(Br)cs1. The highest BCUT2D eigenvalue weighted by Crippen LogP contribution is 2.19. The summed E-state index contributed by atoms with van der Waals surface area (Å²) < 4.78 is 1.14. The number of nitrogens with zero attached hydrogens (tertiary/aromatic N) is 2. The molecule has 0 saturated heterocycles. The Labute approximate surface area is 122 Å². The third-order valence-electron chi connectivity index (χ3n) is 2.52. The standard InChI is InChI=1S/C13H20BrN3S/c1-4-5-6-7-17(3)13(15-2)16-9-12-8-11(14)10-18-12/h4,8,10H,1,5-7,9H2,2-3H3,(H,15,16). The largest absolute Gasteiger partial charge is 0.351 e. The van der Waals surface area contributed by atoms with E-state index in [1.807, 2.05) is 13.1 Å². The van der Waals surface area contributed by atoms with Crippen LogP contribution in [-0.2, 0) is 6.54 Å². The van der Waals surface area contributed by atoms with E-state index in [1.165, 1.54) is 4.88 Å². The van der Waals surface area contributed by atoms with Gasteiger partial charge in [0.25, 0.3) is 0 Å². The van der Waals surface area contributed by atoms with Crippen molar-refractivity contribution in [2.75, 3.05) is 20.6 Å². The number of hydrogen-bond acceptors (Lipinski definition) is 2. The monoisotopic (exact) mass is 329 g/mol. The molecule has 1 heterocycles. The van der Waals surface area contributed by atoms with E-state index >= 15 is 0 Å². The molecular formula is C13H20BrN3S. The Morgan fingerprint density at radius 3 is 3.00 bits per heavy atom. The summed E-state index contributed by atoms with van der Waals surface area (Å²) in [5, 5.41) is 5.46. The van der Waals surface area contributed by atoms with Gasteiger partial charge in [-0.25, -0.2) is 0 Å². The summed E-state index contributed by atoms with van der Waals surface area (Å²) in [7, 11) is 3.87. The molecule has 1 N–H and O–H groups in total. The van der Waals surface area contributed by atoms with Crippen LogP contribution in [-0.4, -0.2) is 31.5 Å². The lowest BCUT2D eigenvalue weighted by molar-refractivity contribution is 0.470. The van der Waals surface area contributed by atoms with E-state index in [0.717, 1.165) is 36.4 Å². The average Bonchev–Trinajstić information content (AvgIpc) is 2.76. The molecule has 0 atom stereocenters. The first-order valence-electron chi connectivity index (χ1n) is 5.93. The van der Waals surface area contributed by atoms with Crippen molar-refractivity contribution >= 4 is 33.2 Å². The van der Waals surface area contributed by atoms with Gasteiger partial charge in [0.15, 0.2) is 5.96 Å². The topological polar surface area (TPSA) is 27.6 Å². The summed E-state index contributed by atoms with van der Waals surface area (Å²) in [6.45, 7) is 5.53. The van der Waals surface area contributed by atoms with Crippen LogP contribution >= 0.6 is 27.3 Å². The van der Waals surface area contributed by atoms with Crippen molar-refractivity contribution in [3.05, 3.63) is 33.5 Å². The highest BCUT2D eigenvalue weighted by Gasteiger charge is 2.05. The Balaban J connectivity index is 2.39. The zero-order chi connectivity index (χ0) is 13.4. The van der Waals surface area contributed by atoms with E-state index in [-0.39, 0.29) is 0 Å². The molecule has 1 rings (SSSR count). The van der Waals surface area contributed by atoms with Gasteiger partial charge < -0.3 is 10.2 Å². The second-order valence-electron chi connectivity index (χ2n) is 3.98. The Bertz CT molecular complexity index is 401. The predicted octanol–water partition coefficient (Wildman–Crippen LogP) is 3.48. The Morgan fingerprint density at radius 2 is 2.44 bits per heavy atom. The lowest BCUT2D eigenvalue weighted by atomic mass is 10.3.